The van der Waals surface area contributed by atoms with Crippen LogP contribution in [0.25, 0.3) is 0 Å². The van der Waals surface area contributed by atoms with Crippen LogP contribution in [0.1, 0.15) is 38.7 Å². The second-order valence-electron chi connectivity index (χ2n) is 4.72. The summed E-state index contributed by atoms with van der Waals surface area (Å²) in [6.45, 7) is 4.53. The third-order valence-electron chi connectivity index (χ3n) is 3.01. The van der Waals surface area contributed by atoms with Crippen molar-refractivity contribution in [1.82, 2.24) is 5.32 Å². The quantitative estimate of drug-likeness (QED) is 0.719. The van der Waals surface area contributed by atoms with Crippen molar-refractivity contribution in [2.75, 3.05) is 6.54 Å². The molecule has 0 saturated heterocycles. The van der Waals surface area contributed by atoms with Gasteiger partial charge in [0.15, 0.2) is 6.10 Å². The fourth-order valence-corrected chi connectivity index (χ4v) is 1.75. The summed E-state index contributed by atoms with van der Waals surface area (Å²) < 4.78 is 18.9. The Morgan fingerprint density at radius 2 is 2.20 bits per heavy atom. The van der Waals surface area contributed by atoms with Crippen molar-refractivity contribution in [2.24, 2.45) is 5.73 Å². The van der Waals surface area contributed by atoms with Crippen LogP contribution >= 0.6 is 0 Å². The molecule has 0 fully saturated rings. The molecule has 1 aromatic rings. The molecule has 0 aliphatic carbocycles. The topological polar surface area (TPSA) is 64.3 Å². The van der Waals surface area contributed by atoms with E-state index < -0.39 is 11.9 Å². The van der Waals surface area contributed by atoms with Crippen LogP contribution in [-0.2, 0) is 11.3 Å². The molecule has 112 valence electrons. The zero-order valence-electron chi connectivity index (χ0n) is 12.1. The highest BCUT2D eigenvalue weighted by Crippen LogP contribution is 2.17. The fraction of sp³-hybridized carbons (Fsp3) is 0.533. The molecular formula is C15H23FN2O2. The van der Waals surface area contributed by atoms with Crippen LogP contribution < -0.4 is 15.8 Å². The van der Waals surface area contributed by atoms with E-state index >= 15 is 0 Å². The van der Waals surface area contributed by atoms with Crippen LogP contribution in [0.5, 0.6) is 5.75 Å². The highest BCUT2D eigenvalue weighted by atomic mass is 19.1. The van der Waals surface area contributed by atoms with Crippen molar-refractivity contribution in [3.63, 3.8) is 0 Å². The second kappa shape index (κ2) is 8.53. The summed E-state index contributed by atoms with van der Waals surface area (Å²) in [4.78, 5) is 11.8. The molecule has 1 unspecified atom stereocenters. The van der Waals surface area contributed by atoms with Gasteiger partial charge < -0.3 is 15.8 Å². The van der Waals surface area contributed by atoms with Crippen LogP contribution in [-0.4, -0.2) is 18.6 Å². The van der Waals surface area contributed by atoms with Crippen molar-refractivity contribution in [1.29, 1.82) is 0 Å². The smallest absolute Gasteiger partial charge is 0.260 e. The molecule has 20 heavy (non-hydrogen) atoms. The van der Waals surface area contributed by atoms with E-state index in [1.165, 1.54) is 6.07 Å². The molecule has 1 aromatic carbocycles. The first-order valence-electron chi connectivity index (χ1n) is 7.01. The Bertz CT molecular complexity index is 438. The van der Waals surface area contributed by atoms with Crippen molar-refractivity contribution in [3.05, 3.63) is 29.6 Å². The standard InChI is InChI=1S/C15H23FN2O2/c1-3-4-5-8-18-15(19)11(2)20-13-7-6-12(10-17)14(16)9-13/h6-7,9,11H,3-5,8,10,17H2,1-2H3,(H,18,19). The molecule has 3 N–H and O–H groups in total. The first kappa shape index (κ1) is 16.4. The number of ether oxygens (including phenoxy) is 1. The molecule has 1 rings (SSSR count). The van der Waals surface area contributed by atoms with Gasteiger partial charge in [0.2, 0.25) is 0 Å². The predicted molar refractivity (Wildman–Crippen MR) is 76.9 cm³/mol. The number of halogens is 1. The van der Waals surface area contributed by atoms with Gasteiger partial charge in [-0.05, 0) is 19.4 Å². The molecule has 5 heteroatoms. The zero-order valence-corrected chi connectivity index (χ0v) is 12.1. The van der Waals surface area contributed by atoms with E-state index in [9.17, 15) is 9.18 Å². The van der Waals surface area contributed by atoms with E-state index in [0.717, 1.165) is 19.3 Å². The zero-order chi connectivity index (χ0) is 15.0. The Morgan fingerprint density at radius 1 is 1.45 bits per heavy atom. The molecular weight excluding hydrogens is 259 g/mol. The number of hydrogen-bond donors (Lipinski definition) is 2. The summed E-state index contributed by atoms with van der Waals surface area (Å²) in [7, 11) is 0. The Labute approximate surface area is 119 Å². The van der Waals surface area contributed by atoms with Gasteiger partial charge >= 0.3 is 0 Å². The Kier molecular flexibility index (Phi) is 7.01. The van der Waals surface area contributed by atoms with Gasteiger partial charge in [-0.1, -0.05) is 25.8 Å². The van der Waals surface area contributed by atoms with Crippen molar-refractivity contribution >= 4 is 5.91 Å². The molecule has 0 saturated carbocycles. The lowest BCUT2D eigenvalue weighted by atomic mass is 10.2. The molecule has 0 spiro atoms. The average Bonchev–Trinajstić information content (AvgIpc) is 2.43. The maximum atomic E-state index is 13.5. The second-order valence-corrected chi connectivity index (χ2v) is 4.72. The molecule has 0 heterocycles. The van der Waals surface area contributed by atoms with Crippen LogP contribution in [0.15, 0.2) is 18.2 Å². The number of nitrogens with two attached hydrogens (primary N) is 1. The summed E-state index contributed by atoms with van der Waals surface area (Å²) in [6.07, 6.45) is 2.49. The predicted octanol–water partition coefficient (Wildman–Crippen LogP) is 2.36. The van der Waals surface area contributed by atoms with E-state index in [0.29, 0.717) is 17.9 Å². The first-order valence-corrected chi connectivity index (χ1v) is 7.01. The summed E-state index contributed by atoms with van der Waals surface area (Å²) >= 11 is 0. The molecule has 1 amide bonds. The maximum Gasteiger partial charge on any atom is 0.260 e. The van der Waals surface area contributed by atoms with Gasteiger partial charge in [-0.3, -0.25) is 4.79 Å². The molecule has 4 nitrogen and oxygen atoms in total. The van der Waals surface area contributed by atoms with Crippen molar-refractivity contribution in [2.45, 2.75) is 45.8 Å². The minimum absolute atomic E-state index is 0.138. The number of carbonyl (C=O) groups is 1. The number of carbonyl (C=O) groups excluding carboxylic acids is 1. The van der Waals surface area contributed by atoms with Gasteiger partial charge in [-0.15, -0.1) is 0 Å². The lowest BCUT2D eigenvalue weighted by Gasteiger charge is -2.15. The molecule has 0 aromatic heterocycles. The van der Waals surface area contributed by atoms with E-state index in [-0.39, 0.29) is 12.5 Å². The number of hydrogen-bond acceptors (Lipinski definition) is 3. The highest BCUT2D eigenvalue weighted by Gasteiger charge is 2.14. The highest BCUT2D eigenvalue weighted by molar-refractivity contribution is 5.80. The number of nitrogens with one attached hydrogen (secondary N) is 1. The minimum atomic E-state index is -0.653. The van der Waals surface area contributed by atoms with Crippen LogP contribution in [0.2, 0.25) is 0 Å². The summed E-state index contributed by atoms with van der Waals surface area (Å²) in [6, 6.07) is 4.44. The van der Waals surface area contributed by atoms with Gasteiger partial charge in [0.1, 0.15) is 11.6 Å². The van der Waals surface area contributed by atoms with E-state index in [1.54, 1.807) is 19.1 Å². The number of rotatable bonds is 8. The van der Waals surface area contributed by atoms with E-state index in [4.69, 9.17) is 10.5 Å². The fourth-order valence-electron chi connectivity index (χ4n) is 1.75. The van der Waals surface area contributed by atoms with Crippen LogP contribution in [0.3, 0.4) is 0 Å². The van der Waals surface area contributed by atoms with Crippen molar-refractivity contribution < 1.29 is 13.9 Å². The molecule has 0 radical (unpaired) electrons. The lowest BCUT2D eigenvalue weighted by molar-refractivity contribution is -0.127. The SMILES string of the molecule is CCCCCNC(=O)C(C)Oc1ccc(CN)c(F)c1. The normalized spacial score (nSPS) is 12.0. The monoisotopic (exact) mass is 282 g/mol. The summed E-state index contributed by atoms with van der Waals surface area (Å²) in [5, 5.41) is 2.80. The van der Waals surface area contributed by atoms with Crippen LogP contribution in [0, 0.1) is 5.82 Å². The first-order chi connectivity index (χ1) is 9.58. The average molecular weight is 282 g/mol. The van der Waals surface area contributed by atoms with Gasteiger partial charge in [0.05, 0.1) is 0 Å². The maximum absolute atomic E-state index is 13.5. The Balaban J connectivity index is 2.46. The summed E-state index contributed by atoms with van der Waals surface area (Å²) in [5.41, 5.74) is 5.81. The molecule has 0 aliphatic rings. The molecule has 0 bridgehead atoms. The number of unbranched alkanes of at least 4 members (excludes halogenated alkanes) is 2. The van der Waals surface area contributed by atoms with Gasteiger partial charge in [0.25, 0.3) is 5.91 Å². The number of amides is 1. The van der Waals surface area contributed by atoms with Gasteiger partial charge in [-0.25, -0.2) is 4.39 Å². The number of benzene rings is 1. The van der Waals surface area contributed by atoms with Crippen molar-refractivity contribution in [3.8, 4) is 5.75 Å². The molecule has 0 aliphatic heterocycles. The largest absolute Gasteiger partial charge is 0.481 e. The van der Waals surface area contributed by atoms with Crippen LogP contribution in [0.4, 0.5) is 4.39 Å². The summed E-state index contributed by atoms with van der Waals surface area (Å²) in [5.74, 6) is -0.277. The third-order valence-corrected chi connectivity index (χ3v) is 3.01. The van der Waals surface area contributed by atoms with Gasteiger partial charge in [0, 0.05) is 24.7 Å². The Morgan fingerprint density at radius 3 is 2.80 bits per heavy atom. The Hall–Kier alpha value is -1.62. The lowest BCUT2D eigenvalue weighted by Crippen LogP contribution is -2.36. The molecule has 1 atom stereocenters. The minimum Gasteiger partial charge on any atom is -0.481 e. The van der Waals surface area contributed by atoms with E-state index in [2.05, 4.69) is 12.2 Å². The van der Waals surface area contributed by atoms with Gasteiger partial charge in [-0.2, -0.15) is 0 Å². The van der Waals surface area contributed by atoms with E-state index in [1.807, 2.05) is 0 Å². The third kappa shape index (κ3) is 5.17.